The van der Waals surface area contributed by atoms with Gasteiger partial charge in [-0.25, -0.2) is 0 Å². The third-order valence-electron chi connectivity index (χ3n) is 5.26. The van der Waals surface area contributed by atoms with E-state index in [2.05, 4.69) is 45.9 Å². The van der Waals surface area contributed by atoms with Crippen LogP contribution in [0.2, 0.25) is 5.82 Å². The number of nitrogens with zero attached hydrogens (tertiary/aromatic N) is 1. The van der Waals surface area contributed by atoms with Gasteiger partial charge in [0.25, 0.3) is 0 Å². The smallest absolute Gasteiger partial charge is 0.403 e. The zero-order chi connectivity index (χ0) is 15.4. The van der Waals surface area contributed by atoms with Gasteiger partial charge >= 0.3 is 7.12 Å². The molecule has 0 amide bonds. The lowest BCUT2D eigenvalue weighted by molar-refractivity contribution is 0.00578. The van der Waals surface area contributed by atoms with Crippen molar-refractivity contribution in [2.45, 2.75) is 64.0 Å². The van der Waals surface area contributed by atoms with Crippen molar-refractivity contribution >= 4 is 7.12 Å². The van der Waals surface area contributed by atoms with Crippen LogP contribution < -0.4 is 0 Å². The SMILES string of the molecule is Cc1cc([C@H]2C[C@@H]2B2OC(C)(C)C(C)(C)O2)ccc1C#N. The van der Waals surface area contributed by atoms with Crippen LogP contribution in [0.25, 0.3) is 0 Å². The van der Waals surface area contributed by atoms with Gasteiger partial charge in [-0.1, -0.05) is 12.1 Å². The molecule has 0 bridgehead atoms. The van der Waals surface area contributed by atoms with E-state index in [1.807, 2.05) is 13.0 Å². The molecule has 1 saturated carbocycles. The van der Waals surface area contributed by atoms with E-state index in [1.54, 1.807) is 0 Å². The normalized spacial score (nSPS) is 29.2. The Labute approximate surface area is 127 Å². The minimum absolute atomic E-state index is 0.115. The Kier molecular flexibility index (Phi) is 3.20. The van der Waals surface area contributed by atoms with Gasteiger partial charge in [-0.2, -0.15) is 5.26 Å². The van der Waals surface area contributed by atoms with Crippen LogP contribution in [0.5, 0.6) is 0 Å². The van der Waals surface area contributed by atoms with Crippen molar-refractivity contribution in [2.75, 3.05) is 0 Å². The number of hydrogen-bond donors (Lipinski definition) is 0. The standard InChI is InChI=1S/C17H22BNO2/c1-11-8-12(6-7-13(11)10-19)14-9-15(14)18-20-16(2,3)17(4,5)21-18/h6-8,14-15H,9H2,1-5H3/t14-,15+/m1/s1. The Morgan fingerprint density at radius 2 is 1.81 bits per heavy atom. The monoisotopic (exact) mass is 283 g/mol. The van der Waals surface area contributed by atoms with E-state index in [4.69, 9.17) is 14.6 Å². The Morgan fingerprint density at radius 1 is 1.19 bits per heavy atom. The van der Waals surface area contributed by atoms with Crippen LogP contribution in [0.15, 0.2) is 18.2 Å². The van der Waals surface area contributed by atoms with E-state index in [1.165, 1.54) is 5.56 Å². The van der Waals surface area contributed by atoms with Gasteiger partial charge in [0.1, 0.15) is 0 Å². The highest BCUT2D eigenvalue weighted by Crippen LogP contribution is 2.58. The minimum Gasteiger partial charge on any atom is -0.403 e. The van der Waals surface area contributed by atoms with Gasteiger partial charge in [-0.3, -0.25) is 0 Å². The molecule has 110 valence electrons. The van der Waals surface area contributed by atoms with E-state index in [-0.39, 0.29) is 18.3 Å². The lowest BCUT2D eigenvalue weighted by atomic mass is 9.79. The molecule has 1 aliphatic carbocycles. The van der Waals surface area contributed by atoms with Crippen LogP contribution in [0.4, 0.5) is 0 Å². The van der Waals surface area contributed by atoms with Crippen molar-refractivity contribution < 1.29 is 9.31 Å². The molecular weight excluding hydrogens is 261 g/mol. The van der Waals surface area contributed by atoms with Crippen molar-refractivity contribution in [3.63, 3.8) is 0 Å². The summed E-state index contributed by atoms with van der Waals surface area (Å²) in [6, 6.07) is 8.35. The van der Waals surface area contributed by atoms with Crippen LogP contribution in [0.1, 0.15) is 56.7 Å². The first-order valence-corrected chi connectivity index (χ1v) is 7.61. The lowest BCUT2D eigenvalue weighted by Crippen LogP contribution is -2.41. The van der Waals surface area contributed by atoms with Crippen molar-refractivity contribution in [3.05, 3.63) is 34.9 Å². The summed E-state index contributed by atoms with van der Waals surface area (Å²) in [6.45, 7) is 10.4. The van der Waals surface area contributed by atoms with Crippen LogP contribution in [0.3, 0.4) is 0 Å². The molecule has 2 fully saturated rings. The molecule has 0 spiro atoms. The van der Waals surface area contributed by atoms with Gasteiger partial charge in [-0.05, 0) is 64.2 Å². The van der Waals surface area contributed by atoms with Gasteiger partial charge in [0, 0.05) is 5.82 Å². The second kappa shape index (κ2) is 4.59. The maximum atomic E-state index is 9.01. The molecule has 1 heterocycles. The molecule has 21 heavy (non-hydrogen) atoms. The third kappa shape index (κ3) is 2.39. The fourth-order valence-electron chi connectivity index (χ4n) is 3.01. The maximum absolute atomic E-state index is 9.01. The molecule has 3 rings (SSSR count). The molecule has 0 radical (unpaired) electrons. The van der Waals surface area contributed by atoms with Gasteiger partial charge in [-0.15, -0.1) is 0 Å². The highest BCUT2D eigenvalue weighted by molar-refractivity contribution is 6.49. The molecule has 1 aromatic rings. The van der Waals surface area contributed by atoms with Crippen molar-refractivity contribution in [1.82, 2.24) is 0 Å². The van der Waals surface area contributed by atoms with E-state index >= 15 is 0 Å². The van der Waals surface area contributed by atoms with Crippen molar-refractivity contribution in [2.24, 2.45) is 0 Å². The summed E-state index contributed by atoms with van der Waals surface area (Å²) < 4.78 is 12.3. The molecule has 3 nitrogen and oxygen atoms in total. The van der Waals surface area contributed by atoms with Crippen LogP contribution in [-0.4, -0.2) is 18.3 Å². The van der Waals surface area contributed by atoms with E-state index in [9.17, 15) is 0 Å². The minimum atomic E-state index is -0.259. The summed E-state index contributed by atoms with van der Waals surface area (Å²) in [6.07, 6.45) is 1.10. The first-order valence-electron chi connectivity index (χ1n) is 7.61. The first kappa shape index (κ1) is 14.6. The number of nitriles is 1. The summed E-state index contributed by atoms with van der Waals surface area (Å²) in [7, 11) is -0.115. The van der Waals surface area contributed by atoms with Gasteiger partial charge in [0.2, 0.25) is 0 Å². The lowest BCUT2D eigenvalue weighted by Gasteiger charge is -2.32. The molecule has 2 aliphatic rings. The van der Waals surface area contributed by atoms with E-state index < -0.39 is 0 Å². The molecule has 1 aromatic carbocycles. The maximum Gasteiger partial charge on any atom is 0.461 e. The zero-order valence-corrected chi connectivity index (χ0v) is 13.4. The molecular formula is C17H22BNO2. The summed E-state index contributed by atoms with van der Waals surface area (Å²) in [5.41, 5.74) is 2.59. The summed E-state index contributed by atoms with van der Waals surface area (Å²) in [5, 5.41) is 9.01. The predicted octanol–water partition coefficient (Wildman–Crippen LogP) is 3.82. The average Bonchev–Trinajstić information content (AvgIpc) is 3.13. The number of hydrogen-bond acceptors (Lipinski definition) is 3. The highest BCUT2D eigenvalue weighted by Gasteiger charge is 2.59. The Morgan fingerprint density at radius 3 is 2.33 bits per heavy atom. The molecule has 0 unspecified atom stereocenters. The Bertz CT molecular complexity index is 602. The van der Waals surface area contributed by atoms with Crippen molar-refractivity contribution in [1.29, 1.82) is 5.26 Å². The fourth-order valence-corrected chi connectivity index (χ4v) is 3.01. The Balaban J connectivity index is 1.73. The van der Waals surface area contributed by atoms with Gasteiger partial charge in [0.05, 0.1) is 22.8 Å². The zero-order valence-electron chi connectivity index (χ0n) is 13.4. The van der Waals surface area contributed by atoms with E-state index in [0.717, 1.165) is 17.5 Å². The molecule has 1 saturated heterocycles. The second-order valence-electron chi connectivity index (χ2n) is 7.32. The molecule has 1 aliphatic heterocycles. The molecule has 2 atom stereocenters. The highest BCUT2D eigenvalue weighted by atomic mass is 16.7. The second-order valence-corrected chi connectivity index (χ2v) is 7.32. The largest absolute Gasteiger partial charge is 0.461 e. The quantitative estimate of drug-likeness (QED) is 0.775. The van der Waals surface area contributed by atoms with Crippen LogP contribution in [0, 0.1) is 18.3 Å². The van der Waals surface area contributed by atoms with Crippen molar-refractivity contribution in [3.8, 4) is 6.07 Å². The predicted molar refractivity (Wildman–Crippen MR) is 83.1 cm³/mol. The third-order valence-corrected chi connectivity index (χ3v) is 5.26. The molecule has 4 heteroatoms. The summed E-state index contributed by atoms with van der Waals surface area (Å²) in [4.78, 5) is 0. The van der Waals surface area contributed by atoms with Gasteiger partial charge in [0.15, 0.2) is 0 Å². The summed E-state index contributed by atoms with van der Waals surface area (Å²) >= 11 is 0. The Hall–Kier alpha value is -1.31. The molecule has 0 N–H and O–H groups in total. The molecule has 0 aromatic heterocycles. The van der Waals surface area contributed by atoms with Crippen LogP contribution in [-0.2, 0) is 9.31 Å². The average molecular weight is 283 g/mol. The number of aryl methyl sites for hydroxylation is 1. The van der Waals surface area contributed by atoms with E-state index in [0.29, 0.717) is 11.7 Å². The topological polar surface area (TPSA) is 42.2 Å². The fraction of sp³-hybridized carbons (Fsp3) is 0.588. The van der Waals surface area contributed by atoms with Crippen LogP contribution >= 0.6 is 0 Å². The summed E-state index contributed by atoms with van der Waals surface area (Å²) in [5.74, 6) is 0.921. The first-order chi connectivity index (χ1) is 9.75. The van der Waals surface area contributed by atoms with Gasteiger partial charge < -0.3 is 9.31 Å². The number of benzene rings is 1. The number of rotatable bonds is 2.